The molecule has 156 valence electrons. The number of rotatable bonds is 5. The Bertz CT molecular complexity index is 743. The predicted octanol–water partition coefficient (Wildman–Crippen LogP) is 4.22. The molecule has 5 nitrogen and oxygen atoms in total. The first-order valence-electron chi connectivity index (χ1n) is 10.5. The van der Waals surface area contributed by atoms with Crippen LogP contribution in [-0.2, 0) is 14.8 Å². The maximum atomic E-state index is 12.9. The zero-order valence-electron chi connectivity index (χ0n) is 16.4. The molecule has 1 amide bonds. The van der Waals surface area contributed by atoms with Crippen LogP contribution in [0.5, 0.6) is 0 Å². The number of sulfonamides is 1. The third-order valence-electron chi connectivity index (χ3n) is 5.97. The summed E-state index contributed by atoms with van der Waals surface area (Å²) >= 11 is 5.88. The molecule has 2 aliphatic rings. The number of carbonyl (C=O) groups excluding carboxylic acids is 1. The molecule has 2 fully saturated rings. The van der Waals surface area contributed by atoms with E-state index < -0.39 is 10.0 Å². The molecule has 0 radical (unpaired) electrons. The van der Waals surface area contributed by atoms with Gasteiger partial charge >= 0.3 is 0 Å². The SMILES string of the molecule is O=C(NCC1CCCN(S(=O)(=O)c2ccc(Cl)cc2)C1)C1CCCCCCC1. The van der Waals surface area contributed by atoms with E-state index in [1.54, 1.807) is 28.6 Å². The van der Waals surface area contributed by atoms with Crippen molar-refractivity contribution >= 4 is 27.5 Å². The molecule has 1 aromatic rings. The van der Waals surface area contributed by atoms with Gasteiger partial charge in [-0.2, -0.15) is 4.31 Å². The van der Waals surface area contributed by atoms with Crippen LogP contribution < -0.4 is 5.32 Å². The van der Waals surface area contributed by atoms with Gasteiger partial charge in [-0.1, -0.05) is 43.7 Å². The van der Waals surface area contributed by atoms with E-state index in [2.05, 4.69) is 5.32 Å². The van der Waals surface area contributed by atoms with Gasteiger partial charge < -0.3 is 5.32 Å². The summed E-state index contributed by atoms with van der Waals surface area (Å²) in [5.74, 6) is 0.436. The average molecular weight is 427 g/mol. The Hall–Kier alpha value is -1.11. The van der Waals surface area contributed by atoms with Gasteiger partial charge in [0.25, 0.3) is 0 Å². The number of nitrogens with zero attached hydrogens (tertiary/aromatic N) is 1. The highest BCUT2D eigenvalue weighted by Gasteiger charge is 2.30. The van der Waals surface area contributed by atoms with Crippen LogP contribution >= 0.6 is 11.6 Å². The van der Waals surface area contributed by atoms with Gasteiger partial charge in [0, 0.05) is 30.6 Å². The highest BCUT2D eigenvalue weighted by atomic mass is 35.5. The van der Waals surface area contributed by atoms with Gasteiger partial charge in [0.05, 0.1) is 4.90 Å². The highest BCUT2D eigenvalue weighted by Crippen LogP contribution is 2.25. The molecule has 28 heavy (non-hydrogen) atoms. The quantitative estimate of drug-likeness (QED) is 0.766. The second kappa shape index (κ2) is 10.1. The molecule has 1 saturated carbocycles. The zero-order chi connectivity index (χ0) is 20.0. The number of carbonyl (C=O) groups is 1. The maximum absolute atomic E-state index is 12.9. The first kappa shape index (κ1) is 21.6. The van der Waals surface area contributed by atoms with E-state index >= 15 is 0 Å². The van der Waals surface area contributed by atoms with Crippen LogP contribution in [0.3, 0.4) is 0 Å². The minimum atomic E-state index is -3.52. The lowest BCUT2D eigenvalue weighted by Gasteiger charge is -2.32. The van der Waals surface area contributed by atoms with Gasteiger partial charge in [-0.05, 0) is 55.9 Å². The summed E-state index contributed by atoms with van der Waals surface area (Å²) in [4.78, 5) is 12.9. The highest BCUT2D eigenvalue weighted by molar-refractivity contribution is 7.89. The smallest absolute Gasteiger partial charge is 0.243 e. The van der Waals surface area contributed by atoms with Gasteiger partial charge in [0.1, 0.15) is 0 Å². The number of piperidine rings is 1. The normalized spacial score (nSPS) is 23.0. The third-order valence-corrected chi connectivity index (χ3v) is 8.11. The van der Waals surface area contributed by atoms with Crippen molar-refractivity contribution in [3.63, 3.8) is 0 Å². The molecule has 1 aromatic carbocycles. The third kappa shape index (κ3) is 5.71. The molecule has 1 aliphatic heterocycles. The Morgan fingerprint density at radius 2 is 1.64 bits per heavy atom. The van der Waals surface area contributed by atoms with Crippen molar-refractivity contribution in [2.24, 2.45) is 11.8 Å². The largest absolute Gasteiger partial charge is 0.356 e. The van der Waals surface area contributed by atoms with E-state index in [4.69, 9.17) is 11.6 Å². The van der Waals surface area contributed by atoms with Gasteiger partial charge in [0.2, 0.25) is 15.9 Å². The molecule has 1 saturated heterocycles. The molecule has 7 heteroatoms. The Labute approximate surface area is 173 Å². The minimum Gasteiger partial charge on any atom is -0.356 e. The monoisotopic (exact) mass is 426 g/mol. The Morgan fingerprint density at radius 3 is 2.32 bits per heavy atom. The van der Waals surface area contributed by atoms with E-state index in [1.807, 2.05) is 0 Å². The number of amides is 1. The van der Waals surface area contributed by atoms with Crippen LogP contribution in [0.4, 0.5) is 0 Å². The Balaban J connectivity index is 1.54. The van der Waals surface area contributed by atoms with Gasteiger partial charge in [0.15, 0.2) is 0 Å². The van der Waals surface area contributed by atoms with E-state index in [0.717, 1.165) is 38.5 Å². The molecule has 0 spiro atoms. The lowest BCUT2D eigenvalue weighted by atomic mass is 9.90. The van der Waals surface area contributed by atoms with Crippen molar-refractivity contribution in [2.75, 3.05) is 19.6 Å². The summed E-state index contributed by atoms with van der Waals surface area (Å²) in [7, 11) is -3.52. The first-order valence-corrected chi connectivity index (χ1v) is 12.3. The maximum Gasteiger partial charge on any atom is 0.243 e. The lowest BCUT2D eigenvalue weighted by Crippen LogP contribution is -2.44. The Morgan fingerprint density at radius 1 is 1.00 bits per heavy atom. The second-order valence-electron chi connectivity index (χ2n) is 8.11. The second-order valence-corrected chi connectivity index (χ2v) is 10.5. The van der Waals surface area contributed by atoms with Crippen LogP contribution in [0.25, 0.3) is 0 Å². The molecular weight excluding hydrogens is 396 g/mol. The summed E-state index contributed by atoms with van der Waals surface area (Å²) in [6, 6.07) is 6.31. The van der Waals surface area contributed by atoms with Gasteiger partial charge in [-0.25, -0.2) is 8.42 Å². The fourth-order valence-electron chi connectivity index (χ4n) is 4.28. The molecule has 1 heterocycles. The van der Waals surface area contributed by atoms with Crippen LogP contribution in [0.2, 0.25) is 5.02 Å². The van der Waals surface area contributed by atoms with Crippen LogP contribution in [0.15, 0.2) is 29.2 Å². The van der Waals surface area contributed by atoms with Crippen LogP contribution in [0, 0.1) is 11.8 Å². The van der Waals surface area contributed by atoms with Crippen LogP contribution in [0.1, 0.15) is 57.8 Å². The van der Waals surface area contributed by atoms with Crippen molar-refractivity contribution in [3.05, 3.63) is 29.3 Å². The molecule has 1 atom stereocenters. The molecule has 0 aromatic heterocycles. The predicted molar refractivity (Wildman–Crippen MR) is 112 cm³/mol. The van der Waals surface area contributed by atoms with Crippen molar-refractivity contribution in [1.82, 2.24) is 9.62 Å². The number of halogens is 1. The zero-order valence-corrected chi connectivity index (χ0v) is 18.0. The van der Waals surface area contributed by atoms with Crippen LogP contribution in [-0.4, -0.2) is 38.3 Å². The van der Waals surface area contributed by atoms with Crippen molar-refractivity contribution in [1.29, 1.82) is 0 Å². The molecule has 1 aliphatic carbocycles. The number of nitrogens with one attached hydrogen (secondary N) is 1. The average Bonchev–Trinajstić information content (AvgIpc) is 2.66. The van der Waals surface area contributed by atoms with Crippen molar-refractivity contribution < 1.29 is 13.2 Å². The number of benzene rings is 1. The number of hydrogen-bond acceptors (Lipinski definition) is 3. The van der Waals surface area contributed by atoms with E-state index in [0.29, 0.717) is 24.7 Å². The molecule has 1 N–H and O–H groups in total. The fraction of sp³-hybridized carbons (Fsp3) is 0.667. The standard InChI is InChI=1S/C21H31ClN2O3S/c22-19-10-12-20(13-11-19)28(26,27)24-14-6-7-17(16-24)15-23-21(25)18-8-4-2-1-3-5-9-18/h10-13,17-18H,1-9,14-16H2,(H,23,25). The summed E-state index contributed by atoms with van der Waals surface area (Å²) in [5, 5.41) is 3.63. The topological polar surface area (TPSA) is 66.5 Å². The molecule has 1 unspecified atom stereocenters. The van der Waals surface area contributed by atoms with Gasteiger partial charge in [-0.3, -0.25) is 4.79 Å². The first-order chi connectivity index (χ1) is 13.5. The van der Waals surface area contributed by atoms with E-state index in [1.165, 1.54) is 19.3 Å². The summed E-state index contributed by atoms with van der Waals surface area (Å²) < 4.78 is 27.3. The summed E-state index contributed by atoms with van der Waals surface area (Å²) in [6.45, 7) is 1.54. The van der Waals surface area contributed by atoms with E-state index in [9.17, 15) is 13.2 Å². The molecular formula is C21H31ClN2O3S. The number of hydrogen-bond donors (Lipinski definition) is 1. The summed E-state index contributed by atoms with van der Waals surface area (Å²) in [5.41, 5.74) is 0. The molecule has 0 bridgehead atoms. The van der Waals surface area contributed by atoms with Crippen molar-refractivity contribution in [2.45, 2.75) is 62.7 Å². The van der Waals surface area contributed by atoms with Gasteiger partial charge in [-0.15, -0.1) is 0 Å². The summed E-state index contributed by atoms with van der Waals surface area (Å²) in [6.07, 6.45) is 9.72. The lowest BCUT2D eigenvalue weighted by molar-refractivity contribution is -0.125. The molecule has 3 rings (SSSR count). The Kier molecular flexibility index (Phi) is 7.77. The fourth-order valence-corrected chi connectivity index (χ4v) is 5.96. The van der Waals surface area contributed by atoms with E-state index in [-0.39, 0.29) is 22.6 Å². The minimum absolute atomic E-state index is 0.123. The van der Waals surface area contributed by atoms with Crippen molar-refractivity contribution in [3.8, 4) is 0 Å².